The molecule has 154 valence electrons. The molecule has 30 heavy (non-hydrogen) atoms. The minimum atomic E-state index is -1.05. The zero-order valence-electron chi connectivity index (χ0n) is 16.5. The van der Waals surface area contributed by atoms with E-state index >= 15 is 0 Å². The minimum Gasteiger partial charge on any atom is -0.378 e. The number of nitrogens with one attached hydrogen (secondary N) is 1. The third-order valence-electron chi connectivity index (χ3n) is 6.50. The van der Waals surface area contributed by atoms with Gasteiger partial charge in [-0.1, -0.05) is 11.8 Å². The van der Waals surface area contributed by atoms with Crippen molar-refractivity contribution in [3.8, 4) is 23.2 Å². The predicted octanol–water partition coefficient (Wildman–Crippen LogP) is 1.85. The quantitative estimate of drug-likeness (QED) is 0.659. The average Bonchev–Trinajstić information content (AvgIpc) is 2.93. The van der Waals surface area contributed by atoms with E-state index in [2.05, 4.69) is 22.1 Å². The van der Waals surface area contributed by atoms with Crippen molar-refractivity contribution in [2.24, 2.45) is 5.73 Å². The van der Waals surface area contributed by atoms with E-state index in [1.54, 1.807) is 10.6 Å². The second-order valence-corrected chi connectivity index (χ2v) is 8.32. The topological polar surface area (TPSA) is 110 Å². The molecule has 0 atom stereocenters. The Kier molecular flexibility index (Phi) is 4.02. The highest BCUT2D eigenvalue weighted by molar-refractivity contribution is 6.05. The monoisotopic (exact) mass is 408 g/mol. The van der Waals surface area contributed by atoms with E-state index in [-0.39, 0.29) is 28.9 Å². The fourth-order valence-electron chi connectivity index (χ4n) is 4.57. The molecule has 4 aliphatic rings. The van der Waals surface area contributed by atoms with E-state index in [1.807, 2.05) is 0 Å². The first-order chi connectivity index (χ1) is 14.3. The number of hydrogen-bond donors (Lipinski definition) is 3. The molecule has 0 radical (unpaired) electrons. The highest BCUT2D eigenvalue weighted by Crippen LogP contribution is 2.53. The Labute approximate surface area is 172 Å². The lowest BCUT2D eigenvalue weighted by atomic mass is 9.75. The number of aliphatic hydroxyl groups is 1. The number of halogens is 1. The van der Waals surface area contributed by atoms with Crippen molar-refractivity contribution in [2.45, 2.75) is 49.7 Å². The van der Waals surface area contributed by atoms with Crippen LogP contribution >= 0.6 is 0 Å². The fourth-order valence-corrected chi connectivity index (χ4v) is 4.57. The largest absolute Gasteiger partial charge is 0.378 e. The SMILES string of the molecule is CNC(=O)c1c(C(N)=O)nc2n1C1CC(C1)c1cc(F)c(C#CC3(O)CCC3)cc1-2. The Bertz CT molecular complexity index is 1160. The van der Waals surface area contributed by atoms with Crippen molar-refractivity contribution >= 4 is 11.8 Å². The normalized spacial score (nSPS) is 22.2. The van der Waals surface area contributed by atoms with Crippen molar-refractivity contribution in [1.82, 2.24) is 14.9 Å². The zero-order chi connectivity index (χ0) is 21.2. The molecule has 0 saturated heterocycles. The van der Waals surface area contributed by atoms with Crippen LogP contribution in [0.25, 0.3) is 11.4 Å². The molecule has 6 rings (SSSR count). The summed E-state index contributed by atoms with van der Waals surface area (Å²) in [5.41, 5.74) is 6.08. The van der Waals surface area contributed by atoms with Crippen molar-refractivity contribution in [2.75, 3.05) is 7.05 Å². The molecule has 7 nitrogen and oxygen atoms in total. The molecular formula is C22H21FN4O3. The number of aromatic nitrogens is 2. The van der Waals surface area contributed by atoms with Gasteiger partial charge in [-0.15, -0.1) is 0 Å². The smallest absolute Gasteiger partial charge is 0.270 e. The van der Waals surface area contributed by atoms with Gasteiger partial charge in [-0.05, 0) is 55.7 Å². The second kappa shape index (κ2) is 6.41. The molecule has 2 aliphatic heterocycles. The van der Waals surface area contributed by atoms with Gasteiger partial charge in [0.05, 0.1) is 5.56 Å². The van der Waals surface area contributed by atoms with Crippen molar-refractivity contribution in [3.05, 3.63) is 40.5 Å². The van der Waals surface area contributed by atoms with Gasteiger partial charge in [0.15, 0.2) is 5.69 Å². The van der Waals surface area contributed by atoms with Gasteiger partial charge in [-0.25, -0.2) is 9.37 Å². The Morgan fingerprint density at radius 1 is 1.37 bits per heavy atom. The second-order valence-electron chi connectivity index (χ2n) is 8.32. The number of rotatable bonds is 2. The third kappa shape index (κ3) is 2.66. The molecule has 2 amide bonds. The van der Waals surface area contributed by atoms with Crippen LogP contribution in [0.5, 0.6) is 0 Å². The number of carbonyl (C=O) groups excluding carboxylic acids is 2. The fraction of sp³-hybridized carbons (Fsp3) is 0.409. The Morgan fingerprint density at radius 3 is 2.70 bits per heavy atom. The van der Waals surface area contributed by atoms with Crippen LogP contribution in [0.1, 0.15) is 76.2 Å². The van der Waals surface area contributed by atoms with E-state index in [4.69, 9.17) is 5.73 Å². The number of primary amides is 1. The molecule has 2 bridgehead atoms. The van der Waals surface area contributed by atoms with Gasteiger partial charge in [0, 0.05) is 18.7 Å². The number of hydrogen-bond acceptors (Lipinski definition) is 4. The summed E-state index contributed by atoms with van der Waals surface area (Å²) in [6.45, 7) is 0. The van der Waals surface area contributed by atoms with Crippen LogP contribution in [0, 0.1) is 17.7 Å². The van der Waals surface area contributed by atoms with Gasteiger partial charge in [0.25, 0.3) is 11.8 Å². The van der Waals surface area contributed by atoms with E-state index < -0.39 is 23.2 Å². The van der Waals surface area contributed by atoms with Crippen molar-refractivity contribution < 1.29 is 19.1 Å². The first-order valence-electron chi connectivity index (χ1n) is 10.0. The van der Waals surface area contributed by atoms with Crippen molar-refractivity contribution in [1.29, 1.82) is 0 Å². The van der Waals surface area contributed by atoms with Crippen LogP contribution in [0.3, 0.4) is 0 Å². The molecule has 2 aromatic rings. The summed E-state index contributed by atoms with van der Waals surface area (Å²) in [6.07, 6.45) is 3.51. The maximum absolute atomic E-state index is 14.8. The van der Waals surface area contributed by atoms with Gasteiger partial charge < -0.3 is 20.7 Å². The summed E-state index contributed by atoms with van der Waals surface area (Å²) in [7, 11) is 1.48. The summed E-state index contributed by atoms with van der Waals surface area (Å²) < 4.78 is 16.6. The maximum Gasteiger partial charge on any atom is 0.270 e. The molecule has 1 aromatic carbocycles. The third-order valence-corrected chi connectivity index (χ3v) is 6.50. The number of nitrogens with two attached hydrogens (primary N) is 1. The average molecular weight is 408 g/mol. The van der Waals surface area contributed by atoms with Crippen LogP contribution in [-0.2, 0) is 0 Å². The lowest BCUT2D eigenvalue weighted by Gasteiger charge is -2.35. The summed E-state index contributed by atoms with van der Waals surface area (Å²) in [4.78, 5) is 29.0. The van der Waals surface area contributed by atoms with Gasteiger partial charge in [0.2, 0.25) is 0 Å². The van der Waals surface area contributed by atoms with Crippen molar-refractivity contribution in [3.63, 3.8) is 0 Å². The van der Waals surface area contributed by atoms with Gasteiger partial charge in [0.1, 0.15) is 22.9 Å². The van der Waals surface area contributed by atoms with Gasteiger partial charge in [-0.2, -0.15) is 0 Å². The van der Waals surface area contributed by atoms with Crippen LogP contribution < -0.4 is 11.1 Å². The number of nitrogens with zero attached hydrogens (tertiary/aromatic N) is 2. The van der Waals surface area contributed by atoms with Crippen LogP contribution in [0.15, 0.2) is 12.1 Å². The molecule has 4 N–H and O–H groups in total. The van der Waals surface area contributed by atoms with Gasteiger partial charge >= 0.3 is 0 Å². The minimum absolute atomic E-state index is 0.0152. The molecule has 1 aromatic heterocycles. The van der Waals surface area contributed by atoms with E-state index in [0.29, 0.717) is 24.2 Å². The first-order valence-corrected chi connectivity index (χ1v) is 10.0. The summed E-state index contributed by atoms with van der Waals surface area (Å²) in [5.74, 6) is 4.45. The number of benzene rings is 1. The molecular weight excluding hydrogens is 387 g/mol. The summed E-state index contributed by atoms with van der Waals surface area (Å²) in [5, 5.41) is 12.8. The highest BCUT2D eigenvalue weighted by Gasteiger charge is 2.42. The van der Waals surface area contributed by atoms with E-state index in [1.165, 1.54) is 13.1 Å². The molecule has 2 fully saturated rings. The number of carbonyl (C=O) groups is 2. The molecule has 2 aliphatic carbocycles. The number of amides is 2. The first kappa shape index (κ1) is 18.8. The van der Waals surface area contributed by atoms with E-state index in [0.717, 1.165) is 24.8 Å². The highest BCUT2D eigenvalue weighted by atomic mass is 19.1. The molecule has 2 saturated carbocycles. The Hall–Kier alpha value is -3.18. The Balaban J connectivity index is 1.71. The van der Waals surface area contributed by atoms with Gasteiger partial charge in [-0.3, -0.25) is 9.59 Å². The lowest BCUT2D eigenvalue weighted by molar-refractivity contribution is 0.0239. The zero-order valence-corrected chi connectivity index (χ0v) is 16.5. The molecule has 8 heteroatoms. The summed E-state index contributed by atoms with van der Waals surface area (Å²) in [6, 6.07) is 3.06. The lowest BCUT2D eigenvalue weighted by Crippen LogP contribution is -2.34. The molecule has 0 spiro atoms. The van der Waals surface area contributed by atoms with Crippen LogP contribution in [0.2, 0.25) is 0 Å². The van der Waals surface area contributed by atoms with E-state index in [9.17, 15) is 19.1 Å². The Morgan fingerprint density at radius 2 is 2.10 bits per heavy atom. The molecule has 3 heterocycles. The van der Waals surface area contributed by atoms with Crippen LogP contribution in [-0.4, -0.2) is 39.1 Å². The van der Waals surface area contributed by atoms with Crippen LogP contribution in [0.4, 0.5) is 4.39 Å². The predicted molar refractivity (Wildman–Crippen MR) is 106 cm³/mol. The summed E-state index contributed by atoms with van der Waals surface area (Å²) >= 11 is 0. The molecule has 0 unspecified atom stereocenters. The standard InChI is InChI=1S/C22H21FN4O3/c1-25-21(29)18-17(19(24)28)26-20-15-9-11(3-6-22(30)4-2-5-22)16(23)10-14(15)12-7-13(8-12)27(18)20/h9-10,12-13,30H,2,4-5,7-8H2,1H3,(H2,24,28)(H,25,29). The number of imidazole rings is 1. The maximum atomic E-state index is 14.8.